The van der Waals surface area contributed by atoms with Gasteiger partial charge in [0.25, 0.3) is 5.89 Å². The minimum atomic E-state index is 0.274. The Bertz CT molecular complexity index is 1290. The molecule has 0 atom stereocenters. The van der Waals surface area contributed by atoms with E-state index in [-0.39, 0.29) is 5.89 Å². The Morgan fingerprint density at radius 2 is 1.81 bits per heavy atom. The van der Waals surface area contributed by atoms with Gasteiger partial charge in [0.15, 0.2) is 0 Å². The van der Waals surface area contributed by atoms with E-state index >= 15 is 0 Å². The molecule has 0 aliphatic heterocycles. The van der Waals surface area contributed by atoms with Crippen LogP contribution in [0.3, 0.4) is 0 Å². The summed E-state index contributed by atoms with van der Waals surface area (Å²) in [5, 5.41) is 8.30. The number of halogens is 1. The van der Waals surface area contributed by atoms with Crippen molar-refractivity contribution in [2.45, 2.75) is 6.92 Å². The fraction of sp³-hybridized carbons (Fsp3) is 0.120. The summed E-state index contributed by atoms with van der Waals surface area (Å²) >= 11 is 0. The number of nitrogens with zero attached hydrogens (tertiary/aromatic N) is 5. The van der Waals surface area contributed by atoms with Crippen LogP contribution in [-0.2, 0) is 0 Å². The molecule has 160 valence electrons. The van der Waals surface area contributed by atoms with E-state index in [1.807, 2.05) is 74.4 Å². The van der Waals surface area contributed by atoms with Gasteiger partial charge < -0.3 is 9.32 Å². The number of hydrogen-bond donors (Lipinski definition) is 0. The van der Waals surface area contributed by atoms with Gasteiger partial charge in [-0.2, -0.15) is 0 Å². The predicted octanol–water partition coefficient (Wildman–Crippen LogP) is 5.64. The highest BCUT2D eigenvalue weighted by molar-refractivity contribution is 5.77. The monoisotopic (exact) mass is 427 g/mol. The summed E-state index contributed by atoms with van der Waals surface area (Å²) in [7, 11) is 3.82. The first kappa shape index (κ1) is 21.1. The van der Waals surface area contributed by atoms with Crippen LogP contribution in [0.4, 0.5) is 4.39 Å². The molecule has 0 amide bonds. The second-order valence-electron chi connectivity index (χ2n) is 7.40. The van der Waals surface area contributed by atoms with Crippen molar-refractivity contribution in [3.63, 3.8) is 0 Å². The van der Waals surface area contributed by atoms with Crippen molar-refractivity contribution >= 4 is 11.8 Å². The maximum atomic E-state index is 13.2. The van der Waals surface area contributed by atoms with Gasteiger partial charge in [0.2, 0.25) is 5.89 Å². The van der Waals surface area contributed by atoms with E-state index < -0.39 is 0 Å². The van der Waals surface area contributed by atoms with E-state index in [2.05, 4.69) is 21.8 Å². The second-order valence-corrected chi connectivity index (χ2v) is 7.40. The van der Waals surface area contributed by atoms with Crippen LogP contribution in [0.15, 0.2) is 72.1 Å². The highest BCUT2D eigenvalue weighted by atomic mass is 19.1. The summed E-state index contributed by atoms with van der Waals surface area (Å²) in [5.41, 5.74) is 5.61. The number of benzene rings is 2. The van der Waals surface area contributed by atoms with Gasteiger partial charge in [-0.15, -0.1) is 10.2 Å². The smallest absolute Gasteiger partial charge is 0.268 e. The Balaban J connectivity index is 1.76. The molecule has 32 heavy (non-hydrogen) atoms. The van der Waals surface area contributed by atoms with Gasteiger partial charge >= 0.3 is 0 Å². The minimum Gasteiger partial charge on any atom is -0.415 e. The van der Waals surface area contributed by atoms with Crippen LogP contribution in [0.1, 0.15) is 16.8 Å². The molecule has 0 radical (unpaired) electrons. The molecule has 4 rings (SSSR count). The van der Waals surface area contributed by atoms with Crippen LogP contribution in [-0.4, -0.2) is 39.2 Å². The van der Waals surface area contributed by atoms with Crippen molar-refractivity contribution in [1.82, 2.24) is 25.1 Å². The van der Waals surface area contributed by atoms with Gasteiger partial charge in [-0.1, -0.05) is 36.9 Å². The SMILES string of the molecule is C=C(c1ccc(-c2cnc(C)c(-c3nnc(-c4ccccc4)o3)n2)c(/C=C/F)c1)N(C)C. The fourth-order valence-electron chi connectivity index (χ4n) is 3.24. The third-order valence-electron chi connectivity index (χ3n) is 5.05. The Morgan fingerprint density at radius 1 is 1.06 bits per heavy atom. The summed E-state index contributed by atoms with van der Waals surface area (Å²) < 4.78 is 19.0. The molecule has 4 aromatic rings. The third-order valence-corrected chi connectivity index (χ3v) is 5.05. The topological polar surface area (TPSA) is 67.9 Å². The lowest BCUT2D eigenvalue weighted by atomic mass is 10.00. The first-order valence-corrected chi connectivity index (χ1v) is 9.98. The van der Waals surface area contributed by atoms with E-state index in [9.17, 15) is 4.39 Å². The zero-order chi connectivity index (χ0) is 22.7. The van der Waals surface area contributed by atoms with Crippen LogP contribution in [0.5, 0.6) is 0 Å². The summed E-state index contributed by atoms with van der Waals surface area (Å²) in [6.45, 7) is 5.90. The normalized spacial score (nSPS) is 11.1. The average Bonchev–Trinajstić information content (AvgIpc) is 3.30. The molecule has 2 heterocycles. The Labute approximate surface area is 185 Å². The summed E-state index contributed by atoms with van der Waals surface area (Å²) in [5.74, 6) is 0.677. The fourth-order valence-corrected chi connectivity index (χ4v) is 3.24. The molecule has 0 spiro atoms. The highest BCUT2D eigenvalue weighted by Gasteiger charge is 2.17. The first-order valence-electron chi connectivity index (χ1n) is 9.98. The lowest BCUT2D eigenvalue weighted by Gasteiger charge is -2.17. The van der Waals surface area contributed by atoms with E-state index in [1.54, 1.807) is 6.20 Å². The largest absolute Gasteiger partial charge is 0.415 e. The van der Waals surface area contributed by atoms with E-state index in [0.717, 1.165) is 22.4 Å². The quantitative estimate of drug-likeness (QED) is 0.397. The van der Waals surface area contributed by atoms with Crippen molar-refractivity contribution in [3.8, 4) is 34.3 Å². The van der Waals surface area contributed by atoms with E-state index in [0.29, 0.717) is 34.9 Å². The molecule has 2 aromatic carbocycles. The van der Waals surface area contributed by atoms with E-state index in [1.165, 1.54) is 6.08 Å². The predicted molar refractivity (Wildman–Crippen MR) is 124 cm³/mol. The molecule has 0 saturated heterocycles. The molecule has 0 aliphatic rings. The molecular formula is C25H22FN5O. The van der Waals surface area contributed by atoms with Crippen LogP contribution < -0.4 is 0 Å². The summed E-state index contributed by atoms with van der Waals surface area (Å²) in [4.78, 5) is 11.1. The minimum absolute atomic E-state index is 0.274. The number of aryl methyl sites for hydroxylation is 1. The lowest BCUT2D eigenvalue weighted by molar-refractivity contribution is 0.581. The molecule has 0 unspecified atom stereocenters. The zero-order valence-corrected chi connectivity index (χ0v) is 18.1. The van der Waals surface area contributed by atoms with Crippen LogP contribution in [0.25, 0.3) is 46.1 Å². The Kier molecular flexibility index (Phi) is 5.89. The average molecular weight is 427 g/mol. The summed E-state index contributed by atoms with van der Waals surface area (Å²) in [6, 6.07) is 15.2. The van der Waals surface area contributed by atoms with Crippen LogP contribution in [0.2, 0.25) is 0 Å². The van der Waals surface area contributed by atoms with E-state index in [4.69, 9.17) is 9.40 Å². The van der Waals surface area contributed by atoms with Crippen LogP contribution in [0, 0.1) is 6.92 Å². The highest BCUT2D eigenvalue weighted by Crippen LogP contribution is 2.30. The van der Waals surface area contributed by atoms with Gasteiger partial charge in [-0.05, 0) is 42.3 Å². The van der Waals surface area contributed by atoms with Crippen molar-refractivity contribution < 1.29 is 8.81 Å². The second kappa shape index (κ2) is 8.93. The molecular weight excluding hydrogens is 405 g/mol. The maximum absolute atomic E-state index is 13.2. The first-order chi connectivity index (χ1) is 15.5. The Hall–Kier alpha value is -4.13. The number of aromatic nitrogens is 4. The molecule has 0 fully saturated rings. The van der Waals surface area contributed by atoms with Gasteiger partial charge in [-0.25, -0.2) is 9.37 Å². The molecule has 0 bridgehead atoms. The van der Waals surface area contributed by atoms with Gasteiger partial charge in [0.1, 0.15) is 5.69 Å². The van der Waals surface area contributed by atoms with Gasteiger partial charge in [0.05, 0.1) is 23.9 Å². The lowest BCUT2D eigenvalue weighted by Crippen LogP contribution is -2.08. The Morgan fingerprint density at radius 3 is 2.53 bits per heavy atom. The molecule has 7 heteroatoms. The number of rotatable bonds is 6. The van der Waals surface area contributed by atoms with Crippen molar-refractivity contribution in [3.05, 3.63) is 84.5 Å². The molecule has 6 nitrogen and oxygen atoms in total. The molecule has 2 aromatic heterocycles. The van der Waals surface area contributed by atoms with Crippen molar-refractivity contribution in [1.29, 1.82) is 0 Å². The maximum Gasteiger partial charge on any atom is 0.268 e. The molecule has 0 N–H and O–H groups in total. The van der Waals surface area contributed by atoms with Crippen molar-refractivity contribution in [2.75, 3.05) is 14.1 Å². The van der Waals surface area contributed by atoms with Gasteiger partial charge in [-0.3, -0.25) is 4.98 Å². The summed E-state index contributed by atoms with van der Waals surface area (Å²) in [6.07, 6.45) is 3.55. The molecule has 0 saturated carbocycles. The van der Waals surface area contributed by atoms with Crippen molar-refractivity contribution in [2.24, 2.45) is 0 Å². The molecule has 0 aliphatic carbocycles. The third kappa shape index (κ3) is 4.18. The number of hydrogen-bond acceptors (Lipinski definition) is 6. The van der Waals surface area contributed by atoms with Gasteiger partial charge in [0, 0.05) is 30.9 Å². The zero-order valence-electron chi connectivity index (χ0n) is 18.1. The standard InChI is InChI=1S/C25H22FN5O/c1-16-23(25-30-29-24(32-25)18-8-6-5-7-9-18)28-22(15-27-16)21-11-10-19(17(2)31(3)4)14-20(21)12-13-26/h5-15H,2H2,1,3-4H3/b13-12+. The van der Waals surface area contributed by atoms with Crippen LogP contribution >= 0.6 is 0 Å².